The van der Waals surface area contributed by atoms with E-state index in [1.807, 2.05) is 13.0 Å². The molecule has 110 valence electrons. The quantitative estimate of drug-likeness (QED) is 0.863. The van der Waals surface area contributed by atoms with E-state index in [-0.39, 0.29) is 11.6 Å². The Balaban J connectivity index is 2.07. The molecular weight excluding hydrogens is 298 g/mol. The van der Waals surface area contributed by atoms with Gasteiger partial charge < -0.3 is 10.5 Å². The third kappa shape index (κ3) is 3.15. The zero-order valence-electron chi connectivity index (χ0n) is 10.4. The van der Waals surface area contributed by atoms with Gasteiger partial charge in [0.1, 0.15) is 23.9 Å². The molecule has 0 radical (unpaired) electrons. The van der Waals surface area contributed by atoms with Crippen LogP contribution in [0.5, 0.6) is 0 Å². The van der Waals surface area contributed by atoms with E-state index in [0.717, 1.165) is 4.88 Å². The Morgan fingerprint density at radius 1 is 1.40 bits per heavy atom. The molecule has 0 atom stereocenters. The number of thiophene rings is 1. The SMILES string of the molecule is Cc1cc2c(N)nc(COCC(F)(F)C(F)F)nc2s1. The first kappa shape index (κ1) is 14.9. The average Bonchev–Trinajstić information content (AvgIpc) is 2.70. The molecule has 0 aromatic carbocycles. The molecule has 0 aliphatic carbocycles. The van der Waals surface area contributed by atoms with Gasteiger partial charge in [0.2, 0.25) is 0 Å². The third-order valence-corrected chi connectivity index (χ3v) is 3.38. The summed E-state index contributed by atoms with van der Waals surface area (Å²) in [6.45, 7) is 0.0694. The van der Waals surface area contributed by atoms with Gasteiger partial charge in [-0.25, -0.2) is 18.7 Å². The Morgan fingerprint density at radius 2 is 2.10 bits per heavy atom. The smallest absolute Gasteiger partial charge is 0.330 e. The van der Waals surface area contributed by atoms with Crippen LogP contribution in [0.1, 0.15) is 10.7 Å². The molecule has 0 bridgehead atoms. The van der Waals surface area contributed by atoms with Gasteiger partial charge in [0.05, 0.1) is 5.39 Å². The van der Waals surface area contributed by atoms with Gasteiger partial charge in [-0.3, -0.25) is 0 Å². The molecule has 2 N–H and O–H groups in total. The zero-order chi connectivity index (χ0) is 14.9. The molecule has 0 unspecified atom stereocenters. The second kappa shape index (κ2) is 5.49. The summed E-state index contributed by atoms with van der Waals surface area (Å²) in [4.78, 5) is 9.57. The molecule has 2 aromatic rings. The molecule has 0 spiro atoms. The van der Waals surface area contributed by atoms with Crippen LogP contribution in [0.15, 0.2) is 6.07 Å². The number of rotatable bonds is 5. The summed E-state index contributed by atoms with van der Waals surface area (Å²) in [6, 6.07) is 1.81. The molecule has 9 heteroatoms. The van der Waals surface area contributed by atoms with E-state index in [0.29, 0.717) is 10.2 Å². The highest BCUT2D eigenvalue weighted by molar-refractivity contribution is 7.18. The van der Waals surface area contributed by atoms with Gasteiger partial charge in [-0.1, -0.05) is 0 Å². The maximum atomic E-state index is 12.6. The van der Waals surface area contributed by atoms with E-state index in [4.69, 9.17) is 5.73 Å². The van der Waals surface area contributed by atoms with Crippen LogP contribution in [-0.2, 0) is 11.3 Å². The van der Waals surface area contributed by atoms with Crippen molar-refractivity contribution in [2.45, 2.75) is 25.9 Å². The number of nitrogens with two attached hydrogens (primary N) is 1. The summed E-state index contributed by atoms with van der Waals surface area (Å²) in [5.41, 5.74) is 5.71. The number of anilines is 1. The van der Waals surface area contributed by atoms with Crippen LogP contribution in [-0.4, -0.2) is 28.9 Å². The first-order chi connectivity index (χ1) is 9.29. The monoisotopic (exact) mass is 309 g/mol. The zero-order valence-corrected chi connectivity index (χ0v) is 11.2. The standard InChI is InChI=1S/C11H11F4N3OS/c1-5-2-6-8(16)17-7(18-9(6)20-5)3-19-4-11(14,15)10(12)13/h2,10H,3-4H2,1H3,(H2,16,17,18). The fraction of sp³-hybridized carbons (Fsp3) is 0.455. The molecule has 2 heterocycles. The van der Waals surface area contributed by atoms with Gasteiger partial charge in [0.15, 0.2) is 5.82 Å². The highest BCUT2D eigenvalue weighted by Gasteiger charge is 2.41. The molecule has 20 heavy (non-hydrogen) atoms. The number of ether oxygens (including phenoxy) is 1. The molecular formula is C11H11F4N3OS. The van der Waals surface area contributed by atoms with Crippen molar-refractivity contribution in [2.24, 2.45) is 0 Å². The fourth-order valence-corrected chi connectivity index (χ4v) is 2.42. The largest absolute Gasteiger partial charge is 0.383 e. The number of nitrogen functional groups attached to an aromatic ring is 1. The van der Waals surface area contributed by atoms with Gasteiger partial charge in [-0.05, 0) is 13.0 Å². The lowest BCUT2D eigenvalue weighted by Crippen LogP contribution is -2.32. The summed E-state index contributed by atoms with van der Waals surface area (Å²) >= 11 is 1.37. The van der Waals surface area contributed by atoms with Crippen LogP contribution < -0.4 is 5.73 Å². The number of aromatic nitrogens is 2. The van der Waals surface area contributed by atoms with Gasteiger partial charge in [-0.2, -0.15) is 8.78 Å². The van der Waals surface area contributed by atoms with Crippen LogP contribution in [0, 0.1) is 6.92 Å². The number of fused-ring (bicyclic) bond motifs is 1. The predicted molar refractivity (Wildman–Crippen MR) is 67.2 cm³/mol. The van der Waals surface area contributed by atoms with E-state index in [2.05, 4.69) is 14.7 Å². The maximum Gasteiger partial charge on any atom is 0.330 e. The number of halogens is 4. The lowest BCUT2D eigenvalue weighted by molar-refractivity contribution is -0.168. The van der Waals surface area contributed by atoms with Crippen LogP contribution >= 0.6 is 11.3 Å². The van der Waals surface area contributed by atoms with Crippen molar-refractivity contribution in [3.63, 3.8) is 0 Å². The second-order valence-corrected chi connectivity index (χ2v) is 5.39. The Hall–Kier alpha value is -1.48. The Labute approximate surface area is 115 Å². The van der Waals surface area contributed by atoms with E-state index in [1.54, 1.807) is 0 Å². The summed E-state index contributed by atoms with van der Waals surface area (Å²) < 4.78 is 53.7. The van der Waals surface area contributed by atoms with Crippen molar-refractivity contribution in [3.8, 4) is 0 Å². The van der Waals surface area contributed by atoms with Gasteiger partial charge in [0, 0.05) is 4.88 Å². The van der Waals surface area contributed by atoms with Gasteiger partial charge >= 0.3 is 12.3 Å². The Kier molecular flexibility index (Phi) is 4.09. The topological polar surface area (TPSA) is 61.0 Å². The first-order valence-corrected chi connectivity index (χ1v) is 6.37. The molecule has 0 saturated carbocycles. The van der Waals surface area contributed by atoms with Crippen molar-refractivity contribution in [3.05, 3.63) is 16.8 Å². The maximum absolute atomic E-state index is 12.6. The van der Waals surface area contributed by atoms with E-state index in [9.17, 15) is 17.6 Å². The summed E-state index contributed by atoms with van der Waals surface area (Å²) in [6.07, 6.45) is -3.77. The minimum atomic E-state index is -4.19. The lowest BCUT2D eigenvalue weighted by Gasteiger charge is -2.14. The molecule has 4 nitrogen and oxygen atoms in total. The van der Waals surface area contributed by atoms with Crippen LogP contribution in [0.3, 0.4) is 0 Å². The molecule has 0 aliphatic heterocycles. The Morgan fingerprint density at radius 3 is 2.75 bits per heavy atom. The molecule has 0 amide bonds. The van der Waals surface area contributed by atoms with E-state index < -0.39 is 25.6 Å². The number of aryl methyl sites for hydroxylation is 1. The number of hydrogen-bond acceptors (Lipinski definition) is 5. The molecule has 0 saturated heterocycles. The van der Waals surface area contributed by atoms with E-state index in [1.165, 1.54) is 11.3 Å². The van der Waals surface area contributed by atoms with Crippen molar-refractivity contribution in [2.75, 3.05) is 12.3 Å². The number of alkyl halides is 4. The fourth-order valence-electron chi connectivity index (χ4n) is 1.52. The van der Waals surface area contributed by atoms with Crippen molar-refractivity contribution in [1.29, 1.82) is 0 Å². The van der Waals surface area contributed by atoms with Gasteiger partial charge in [-0.15, -0.1) is 11.3 Å². The number of hydrogen-bond donors (Lipinski definition) is 1. The van der Waals surface area contributed by atoms with E-state index >= 15 is 0 Å². The Bertz CT molecular complexity index is 617. The van der Waals surface area contributed by atoms with Crippen LogP contribution in [0.4, 0.5) is 23.4 Å². The highest BCUT2D eigenvalue weighted by Crippen LogP contribution is 2.27. The lowest BCUT2D eigenvalue weighted by atomic mass is 10.3. The molecule has 2 rings (SSSR count). The number of nitrogens with zero attached hydrogens (tertiary/aromatic N) is 2. The second-order valence-electron chi connectivity index (χ2n) is 4.16. The minimum absolute atomic E-state index is 0.0851. The van der Waals surface area contributed by atoms with Crippen molar-refractivity contribution < 1.29 is 22.3 Å². The van der Waals surface area contributed by atoms with Gasteiger partial charge in [0.25, 0.3) is 0 Å². The van der Waals surface area contributed by atoms with Crippen LogP contribution in [0.2, 0.25) is 0 Å². The summed E-state index contributed by atoms with van der Waals surface area (Å²) in [7, 11) is 0. The predicted octanol–water partition coefficient (Wildman–Crippen LogP) is 3.00. The minimum Gasteiger partial charge on any atom is -0.383 e. The molecule has 0 fully saturated rings. The average molecular weight is 309 g/mol. The van der Waals surface area contributed by atoms with Crippen molar-refractivity contribution in [1.82, 2.24) is 9.97 Å². The van der Waals surface area contributed by atoms with Crippen molar-refractivity contribution >= 4 is 27.4 Å². The molecule has 0 aliphatic rings. The summed E-state index contributed by atoms with van der Waals surface area (Å²) in [5.74, 6) is -3.89. The third-order valence-electron chi connectivity index (χ3n) is 2.44. The summed E-state index contributed by atoms with van der Waals surface area (Å²) in [5, 5.41) is 0.675. The first-order valence-electron chi connectivity index (χ1n) is 5.56. The highest BCUT2D eigenvalue weighted by atomic mass is 32.1. The molecule has 2 aromatic heterocycles. The normalized spacial score (nSPS) is 12.5. The van der Waals surface area contributed by atoms with Crippen LogP contribution in [0.25, 0.3) is 10.2 Å².